The van der Waals surface area contributed by atoms with Crippen molar-refractivity contribution in [2.24, 2.45) is 4.99 Å². The van der Waals surface area contributed by atoms with Crippen LogP contribution in [0, 0.1) is 0 Å². The summed E-state index contributed by atoms with van der Waals surface area (Å²) in [4.78, 5) is 27.6. The summed E-state index contributed by atoms with van der Waals surface area (Å²) in [5.74, 6) is 0.852. The lowest BCUT2D eigenvalue weighted by molar-refractivity contribution is 0.373. The lowest BCUT2D eigenvalue weighted by Crippen LogP contribution is -2.38. The average molecular weight is 519 g/mol. The van der Waals surface area contributed by atoms with Crippen LogP contribution in [0.25, 0.3) is 0 Å². The summed E-state index contributed by atoms with van der Waals surface area (Å²) in [6.45, 7) is 2.22. The van der Waals surface area contributed by atoms with Crippen molar-refractivity contribution in [1.82, 2.24) is 4.90 Å². The SMILES string of the molecule is CN1CCN=C1N1CCc2cc(N(CP(=O)(O)O)S(=O)(=O)c3cc(Cl)cc(Cl)c3)ccc21. The third kappa shape index (κ3) is 4.62. The van der Waals surface area contributed by atoms with Gasteiger partial charge in [0.25, 0.3) is 10.0 Å². The van der Waals surface area contributed by atoms with Crippen LogP contribution in [0.1, 0.15) is 5.56 Å². The molecule has 0 radical (unpaired) electrons. The van der Waals surface area contributed by atoms with E-state index in [9.17, 15) is 22.8 Å². The Labute approximate surface area is 196 Å². The van der Waals surface area contributed by atoms with Gasteiger partial charge in [-0.25, -0.2) is 8.42 Å². The van der Waals surface area contributed by atoms with Crippen LogP contribution in [0.5, 0.6) is 0 Å². The van der Waals surface area contributed by atoms with Crippen molar-refractivity contribution in [2.45, 2.75) is 11.3 Å². The molecule has 9 nitrogen and oxygen atoms in total. The van der Waals surface area contributed by atoms with Gasteiger partial charge in [0, 0.05) is 35.9 Å². The molecular weight excluding hydrogens is 498 g/mol. The highest BCUT2D eigenvalue weighted by molar-refractivity contribution is 7.93. The van der Waals surface area contributed by atoms with Crippen molar-refractivity contribution in [3.8, 4) is 0 Å². The molecule has 0 bridgehead atoms. The monoisotopic (exact) mass is 518 g/mol. The summed E-state index contributed by atoms with van der Waals surface area (Å²) in [6.07, 6.45) is -0.375. The topological polar surface area (TPSA) is 114 Å². The second kappa shape index (κ2) is 8.52. The van der Waals surface area contributed by atoms with Crippen LogP contribution in [-0.4, -0.2) is 62.0 Å². The first-order valence-electron chi connectivity index (χ1n) is 9.65. The number of anilines is 2. The van der Waals surface area contributed by atoms with Gasteiger partial charge in [-0.1, -0.05) is 23.2 Å². The van der Waals surface area contributed by atoms with Crippen molar-refractivity contribution in [3.63, 3.8) is 0 Å². The minimum absolute atomic E-state index is 0.0956. The van der Waals surface area contributed by atoms with E-state index in [0.29, 0.717) is 23.8 Å². The molecule has 2 N–H and O–H groups in total. The van der Waals surface area contributed by atoms with E-state index in [1.165, 1.54) is 24.3 Å². The quantitative estimate of drug-likeness (QED) is 0.584. The summed E-state index contributed by atoms with van der Waals surface area (Å²) in [5, 5.41) is 0.191. The summed E-state index contributed by atoms with van der Waals surface area (Å²) >= 11 is 11.9. The Balaban J connectivity index is 1.76. The highest BCUT2D eigenvalue weighted by Gasteiger charge is 2.34. The van der Waals surface area contributed by atoms with Gasteiger partial charge in [0.05, 0.1) is 17.1 Å². The molecule has 0 amide bonds. The first-order chi connectivity index (χ1) is 15.0. The minimum atomic E-state index is -4.74. The van der Waals surface area contributed by atoms with Gasteiger partial charge >= 0.3 is 7.60 Å². The van der Waals surface area contributed by atoms with Crippen LogP contribution in [0.2, 0.25) is 10.0 Å². The zero-order valence-electron chi connectivity index (χ0n) is 17.0. The lowest BCUT2D eigenvalue weighted by atomic mass is 10.1. The molecule has 2 heterocycles. The molecule has 2 aliphatic rings. The molecular formula is C19H21Cl2N4O5PS. The predicted molar refractivity (Wildman–Crippen MR) is 125 cm³/mol. The lowest BCUT2D eigenvalue weighted by Gasteiger charge is -2.27. The molecule has 4 rings (SSSR count). The van der Waals surface area contributed by atoms with E-state index in [1.807, 2.05) is 7.05 Å². The van der Waals surface area contributed by atoms with Crippen LogP contribution in [0.3, 0.4) is 0 Å². The third-order valence-electron chi connectivity index (χ3n) is 5.25. The van der Waals surface area contributed by atoms with E-state index in [0.717, 1.165) is 23.8 Å². The molecule has 0 fully saturated rings. The molecule has 2 aliphatic heterocycles. The van der Waals surface area contributed by atoms with E-state index < -0.39 is 23.9 Å². The summed E-state index contributed by atoms with van der Waals surface area (Å²) in [7, 11) is -7.14. The van der Waals surface area contributed by atoms with Gasteiger partial charge < -0.3 is 19.6 Å². The molecule has 32 heavy (non-hydrogen) atoms. The van der Waals surface area contributed by atoms with Crippen LogP contribution < -0.4 is 9.21 Å². The summed E-state index contributed by atoms with van der Waals surface area (Å²) in [6, 6.07) is 8.69. The normalized spacial score (nSPS) is 16.3. The maximum atomic E-state index is 13.4. The highest BCUT2D eigenvalue weighted by Crippen LogP contribution is 2.41. The number of guanidine groups is 1. The van der Waals surface area contributed by atoms with Crippen LogP contribution in [-0.2, 0) is 21.0 Å². The zero-order valence-corrected chi connectivity index (χ0v) is 20.2. The number of hydrogen-bond acceptors (Lipinski definition) is 6. The van der Waals surface area contributed by atoms with Gasteiger partial charge in [0.15, 0.2) is 0 Å². The molecule has 0 unspecified atom stereocenters. The fraction of sp³-hybridized carbons (Fsp3) is 0.316. The second-order valence-corrected chi connectivity index (χ2v) is 11.9. The third-order valence-corrected chi connectivity index (χ3v) is 8.29. The minimum Gasteiger partial charge on any atom is -0.344 e. The van der Waals surface area contributed by atoms with Crippen LogP contribution in [0.4, 0.5) is 11.4 Å². The number of rotatable bonds is 5. The van der Waals surface area contributed by atoms with E-state index >= 15 is 0 Å². The first-order valence-corrected chi connectivity index (χ1v) is 13.6. The molecule has 0 saturated carbocycles. The molecule has 0 spiro atoms. The average Bonchev–Trinajstić information content (AvgIpc) is 3.29. The molecule has 2 aromatic carbocycles. The number of aliphatic imine (C=N–C) groups is 1. The van der Waals surface area contributed by atoms with Crippen molar-refractivity contribution in [3.05, 3.63) is 52.0 Å². The Morgan fingerprint density at radius 3 is 2.41 bits per heavy atom. The Morgan fingerprint density at radius 2 is 1.81 bits per heavy atom. The number of nitrogens with zero attached hydrogens (tertiary/aromatic N) is 4. The number of fused-ring (bicyclic) bond motifs is 1. The van der Waals surface area contributed by atoms with E-state index in [4.69, 9.17) is 23.2 Å². The molecule has 0 saturated heterocycles. The highest BCUT2D eigenvalue weighted by atomic mass is 35.5. The Morgan fingerprint density at radius 1 is 1.12 bits per heavy atom. The molecule has 0 atom stereocenters. The molecule has 13 heteroatoms. The van der Waals surface area contributed by atoms with Gasteiger partial charge in [-0.15, -0.1) is 0 Å². The van der Waals surface area contributed by atoms with E-state index in [1.54, 1.807) is 12.1 Å². The van der Waals surface area contributed by atoms with Gasteiger partial charge in [0.2, 0.25) is 5.96 Å². The molecule has 0 aromatic heterocycles. The van der Waals surface area contributed by atoms with Crippen molar-refractivity contribution in [1.29, 1.82) is 0 Å². The van der Waals surface area contributed by atoms with Crippen molar-refractivity contribution in [2.75, 3.05) is 42.2 Å². The zero-order chi connectivity index (χ0) is 23.3. The Bertz CT molecular complexity index is 1230. The number of sulfonamides is 1. The maximum absolute atomic E-state index is 13.4. The van der Waals surface area contributed by atoms with Gasteiger partial charge in [-0.2, -0.15) is 0 Å². The first kappa shape index (κ1) is 23.4. The van der Waals surface area contributed by atoms with Gasteiger partial charge in [-0.05, 0) is 48.4 Å². The summed E-state index contributed by atoms with van der Waals surface area (Å²) < 4.78 is 39.3. The smallest absolute Gasteiger partial charge is 0.344 e. The molecule has 0 aliphatic carbocycles. The maximum Gasteiger partial charge on any atom is 0.345 e. The van der Waals surface area contributed by atoms with Crippen molar-refractivity contribution < 1.29 is 22.8 Å². The second-order valence-electron chi connectivity index (χ2n) is 7.58. The Hall–Kier alpha value is -1.81. The fourth-order valence-corrected chi connectivity index (χ4v) is 7.24. The molecule has 172 valence electrons. The number of benzene rings is 2. The predicted octanol–water partition coefficient (Wildman–Crippen LogP) is 2.99. The van der Waals surface area contributed by atoms with Gasteiger partial charge in [-0.3, -0.25) is 13.9 Å². The van der Waals surface area contributed by atoms with Crippen LogP contribution in [0.15, 0.2) is 46.3 Å². The van der Waals surface area contributed by atoms with E-state index in [-0.39, 0.29) is 20.6 Å². The van der Waals surface area contributed by atoms with Gasteiger partial charge in [0.1, 0.15) is 6.29 Å². The summed E-state index contributed by atoms with van der Waals surface area (Å²) in [5.41, 5.74) is 1.90. The van der Waals surface area contributed by atoms with Crippen molar-refractivity contribution >= 4 is 58.2 Å². The van der Waals surface area contributed by atoms with Crippen LogP contribution >= 0.6 is 30.8 Å². The number of hydrogen-bond donors (Lipinski definition) is 2. The Kier molecular flexibility index (Phi) is 6.21. The standard InChI is InChI=1S/C19H21Cl2N4O5PS/c1-23-7-5-22-19(23)24-6-4-13-8-16(2-3-18(13)24)25(12-31(26,27)28)32(29,30)17-10-14(20)9-15(21)11-17/h2-3,8-11H,4-7,12H2,1H3,(H2,26,27,28). The molecule has 2 aromatic rings. The number of halogens is 2. The number of likely N-dealkylation sites (N-methyl/N-ethyl adjacent to an activating group) is 1. The largest absolute Gasteiger partial charge is 0.345 e. The van der Waals surface area contributed by atoms with E-state index in [2.05, 4.69) is 14.8 Å². The fourth-order valence-electron chi connectivity index (χ4n) is 3.83.